The van der Waals surface area contributed by atoms with E-state index in [-0.39, 0.29) is 5.91 Å². The number of hydrogen-bond acceptors (Lipinski definition) is 6. The van der Waals surface area contributed by atoms with Gasteiger partial charge in [0.2, 0.25) is 5.75 Å². The van der Waals surface area contributed by atoms with Crippen molar-refractivity contribution in [1.29, 1.82) is 0 Å². The molecule has 0 bridgehead atoms. The van der Waals surface area contributed by atoms with Crippen molar-refractivity contribution < 1.29 is 23.7 Å². The van der Waals surface area contributed by atoms with Gasteiger partial charge in [-0.25, -0.2) is 4.98 Å². The molecule has 0 spiro atoms. The molecule has 0 saturated heterocycles. The molecule has 0 saturated carbocycles. The second-order valence-corrected chi connectivity index (χ2v) is 10.2. The van der Waals surface area contributed by atoms with Crippen molar-refractivity contribution in [3.8, 4) is 23.0 Å². The van der Waals surface area contributed by atoms with Crippen molar-refractivity contribution in [1.82, 2.24) is 14.9 Å². The largest absolute Gasteiger partial charge is 0.493 e. The van der Waals surface area contributed by atoms with E-state index in [4.69, 9.17) is 23.9 Å². The van der Waals surface area contributed by atoms with Crippen LogP contribution in [-0.4, -0.2) is 49.9 Å². The highest BCUT2D eigenvalue weighted by atomic mass is 16.5. The molecule has 1 N–H and O–H groups in total. The maximum atomic E-state index is 12.7. The second kappa shape index (κ2) is 14.4. The Kier molecular flexibility index (Phi) is 10.5. The van der Waals surface area contributed by atoms with E-state index >= 15 is 0 Å². The van der Waals surface area contributed by atoms with Gasteiger partial charge in [-0.2, -0.15) is 0 Å². The summed E-state index contributed by atoms with van der Waals surface area (Å²) in [6, 6.07) is 19.9. The van der Waals surface area contributed by atoms with Crippen LogP contribution in [0.2, 0.25) is 0 Å². The predicted molar refractivity (Wildman–Crippen MR) is 162 cm³/mol. The minimum Gasteiger partial charge on any atom is -0.493 e. The van der Waals surface area contributed by atoms with Crippen LogP contribution in [0.3, 0.4) is 0 Å². The minimum atomic E-state index is -0.176. The molecule has 1 amide bonds. The summed E-state index contributed by atoms with van der Waals surface area (Å²) in [6.07, 6.45) is 3.67. The number of amides is 1. The molecule has 4 rings (SSSR count). The number of benzene rings is 3. The number of carbonyl (C=O) groups excluding carboxylic acids is 1. The topological polar surface area (TPSA) is 83.8 Å². The van der Waals surface area contributed by atoms with E-state index in [2.05, 4.69) is 48.0 Å². The van der Waals surface area contributed by atoms with Gasteiger partial charge in [0.25, 0.3) is 5.91 Å². The van der Waals surface area contributed by atoms with Crippen molar-refractivity contribution in [2.75, 3.05) is 34.5 Å². The number of rotatable bonds is 15. The van der Waals surface area contributed by atoms with E-state index < -0.39 is 0 Å². The lowest BCUT2D eigenvalue weighted by atomic mass is 10.0. The number of aryl methyl sites for hydroxylation is 1. The molecule has 1 aromatic heterocycles. The van der Waals surface area contributed by atoms with E-state index in [9.17, 15) is 4.79 Å². The molecule has 0 aliphatic carbocycles. The Hall–Kier alpha value is -4.20. The standard InChI is InChI=1S/C33H41N3O5/c1-23(2)24-14-16-26(17-15-24)41-20-19-36-28-12-9-8-11-27(28)35-31(36)13-7-6-10-18-34-33(37)25-21-29(38-3)32(40-5)30(22-25)39-4/h8-9,11-12,14-17,21-23H,6-7,10,13,18-20H2,1-5H3,(H,34,37). The maximum absolute atomic E-state index is 12.7. The molecular weight excluding hydrogens is 518 g/mol. The number of fused-ring (bicyclic) bond motifs is 1. The van der Waals surface area contributed by atoms with Crippen molar-refractivity contribution in [2.45, 2.75) is 52.0 Å². The van der Waals surface area contributed by atoms with Crippen LogP contribution in [-0.2, 0) is 13.0 Å². The Bertz CT molecular complexity index is 1400. The SMILES string of the molecule is COc1cc(C(=O)NCCCCCc2nc3ccccc3n2CCOc2ccc(C(C)C)cc2)cc(OC)c1OC. The number of para-hydroxylation sites is 2. The first-order chi connectivity index (χ1) is 19.9. The Labute approximate surface area is 242 Å². The van der Waals surface area contributed by atoms with Crippen LogP contribution in [0.5, 0.6) is 23.0 Å². The first-order valence-electron chi connectivity index (χ1n) is 14.2. The highest BCUT2D eigenvalue weighted by Crippen LogP contribution is 2.38. The molecule has 0 fully saturated rings. The number of methoxy groups -OCH3 is 3. The van der Waals surface area contributed by atoms with Crippen molar-refractivity contribution in [3.05, 3.63) is 77.6 Å². The quantitative estimate of drug-likeness (QED) is 0.170. The molecule has 8 nitrogen and oxygen atoms in total. The van der Waals surface area contributed by atoms with E-state index in [1.54, 1.807) is 12.1 Å². The number of unbranched alkanes of at least 4 members (excludes halogenated alkanes) is 2. The normalized spacial score (nSPS) is 11.1. The van der Waals surface area contributed by atoms with Gasteiger partial charge < -0.3 is 28.8 Å². The molecule has 0 aliphatic heterocycles. The minimum absolute atomic E-state index is 0.176. The first kappa shape index (κ1) is 29.8. The number of nitrogens with one attached hydrogen (secondary N) is 1. The summed E-state index contributed by atoms with van der Waals surface area (Å²) in [4.78, 5) is 17.6. The summed E-state index contributed by atoms with van der Waals surface area (Å²) < 4.78 is 24.4. The van der Waals surface area contributed by atoms with E-state index in [0.29, 0.717) is 41.9 Å². The molecule has 8 heteroatoms. The van der Waals surface area contributed by atoms with Crippen LogP contribution in [0.25, 0.3) is 11.0 Å². The summed E-state index contributed by atoms with van der Waals surface area (Å²) >= 11 is 0. The van der Waals surface area contributed by atoms with Gasteiger partial charge in [-0.15, -0.1) is 0 Å². The number of nitrogens with zero attached hydrogens (tertiary/aromatic N) is 2. The van der Waals surface area contributed by atoms with Gasteiger partial charge >= 0.3 is 0 Å². The molecule has 0 aliphatic rings. The van der Waals surface area contributed by atoms with E-state index in [1.807, 2.05) is 24.3 Å². The fourth-order valence-corrected chi connectivity index (χ4v) is 4.87. The van der Waals surface area contributed by atoms with Gasteiger partial charge in [0.15, 0.2) is 11.5 Å². The molecular formula is C33H41N3O5. The zero-order valence-electron chi connectivity index (χ0n) is 24.7. The second-order valence-electron chi connectivity index (χ2n) is 10.2. The lowest BCUT2D eigenvalue weighted by molar-refractivity contribution is 0.0952. The molecule has 3 aromatic carbocycles. The van der Waals surface area contributed by atoms with E-state index in [1.165, 1.54) is 26.9 Å². The summed E-state index contributed by atoms with van der Waals surface area (Å²) in [5.41, 5.74) is 3.90. The molecule has 41 heavy (non-hydrogen) atoms. The zero-order chi connectivity index (χ0) is 29.2. The van der Waals surface area contributed by atoms with Crippen LogP contribution in [0, 0.1) is 0 Å². The summed E-state index contributed by atoms with van der Waals surface area (Å²) in [6.45, 7) is 6.26. The number of ether oxygens (including phenoxy) is 4. The van der Waals surface area contributed by atoms with Gasteiger partial charge in [0, 0.05) is 18.5 Å². The van der Waals surface area contributed by atoms with Crippen molar-refractivity contribution in [2.24, 2.45) is 0 Å². The number of aromatic nitrogens is 2. The fourth-order valence-electron chi connectivity index (χ4n) is 4.87. The Morgan fingerprint density at radius 2 is 1.61 bits per heavy atom. The van der Waals surface area contributed by atoms with Crippen LogP contribution in [0.1, 0.15) is 60.8 Å². The number of carbonyl (C=O) groups is 1. The van der Waals surface area contributed by atoms with Gasteiger partial charge in [-0.1, -0.05) is 44.5 Å². The Balaban J connectivity index is 1.27. The molecule has 0 radical (unpaired) electrons. The molecule has 1 heterocycles. The molecule has 0 unspecified atom stereocenters. The molecule has 0 atom stereocenters. The summed E-state index contributed by atoms with van der Waals surface area (Å²) in [7, 11) is 4.60. The van der Waals surface area contributed by atoms with Crippen LogP contribution >= 0.6 is 0 Å². The predicted octanol–water partition coefficient (Wildman–Crippen LogP) is 6.41. The van der Waals surface area contributed by atoms with Crippen molar-refractivity contribution >= 4 is 16.9 Å². The highest BCUT2D eigenvalue weighted by molar-refractivity contribution is 5.95. The maximum Gasteiger partial charge on any atom is 0.251 e. The lowest BCUT2D eigenvalue weighted by Crippen LogP contribution is -2.24. The average Bonchev–Trinajstić information content (AvgIpc) is 3.35. The van der Waals surface area contributed by atoms with Gasteiger partial charge in [0.05, 0.1) is 38.9 Å². The number of imidazole rings is 1. The highest BCUT2D eigenvalue weighted by Gasteiger charge is 2.17. The summed E-state index contributed by atoms with van der Waals surface area (Å²) in [5.74, 6) is 3.64. The first-order valence-corrected chi connectivity index (χ1v) is 14.2. The van der Waals surface area contributed by atoms with Gasteiger partial charge in [-0.3, -0.25) is 4.79 Å². The number of hydrogen-bond donors (Lipinski definition) is 1. The smallest absolute Gasteiger partial charge is 0.251 e. The van der Waals surface area contributed by atoms with E-state index in [0.717, 1.165) is 54.8 Å². The average molecular weight is 560 g/mol. The third kappa shape index (κ3) is 7.51. The third-order valence-electron chi connectivity index (χ3n) is 7.15. The van der Waals surface area contributed by atoms with Crippen LogP contribution < -0.4 is 24.3 Å². The molecule has 4 aromatic rings. The monoisotopic (exact) mass is 559 g/mol. The zero-order valence-corrected chi connectivity index (χ0v) is 24.7. The van der Waals surface area contributed by atoms with Crippen LogP contribution in [0.4, 0.5) is 0 Å². The van der Waals surface area contributed by atoms with Gasteiger partial charge in [0.1, 0.15) is 18.2 Å². The Morgan fingerprint density at radius 3 is 2.27 bits per heavy atom. The van der Waals surface area contributed by atoms with Crippen molar-refractivity contribution in [3.63, 3.8) is 0 Å². The molecule has 218 valence electrons. The van der Waals surface area contributed by atoms with Crippen LogP contribution in [0.15, 0.2) is 60.7 Å². The fraction of sp³-hybridized carbons (Fsp3) is 0.394. The third-order valence-corrected chi connectivity index (χ3v) is 7.15. The lowest BCUT2D eigenvalue weighted by Gasteiger charge is -2.14. The summed E-state index contributed by atoms with van der Waals surface area (Å²) in [5, 5.41) is 3.00. The van der Waals surface area contributed by atoms with Gasteiger partial charge in [-0.05, 0) is 60.7 Å². The Morgan fingerprint density at radius 1 is 0.902 bits per heavy atom.